The molecule has 5 nitrogen and oxygen atoms in total. The number of amides is 2. The summed E-state index contributed by atoms with van der Waals surface area (Å²) in [5.74, 6) is -0.0604. The molecule has 0 saturated carbocycles. The normalized spacial score (nSPS) is 27.8. The zero-order valence-corrected chi connectivity index (χ0v) is 13.5. The molecule has 1 aromatic carbocycles. The van der Waals surface area contributed by atoms with E-state index in [2.05, 4.69) is 5.32 Å². The van der Waals surface area contributed by atoms with Crippen LogP contribution in [-0.4, -0.2) is 52.9 Å². The van der Waals surface area contributed by atoms with Crippen LogP contribution < -0.4 is 11.1 Å². The maximum Gasteiger partial charge on any atom is 0.246 e. The van der Waals surface area contributed by atoms with Crippen molar-refractivity contribution in [3.8, 4) is 0 Å². The zero-order chi connectivity index (χ0) is 16.4. The number of carbonyl (C=O) groups is 2. The summed E-state index contributed by atoms with van der Waals surface area (Å²) in [6.45, 7) is 1.20. The van der Waals surface area contributed by atoms with Gasteiger partial charge in [-0.25, -0.2) is 4.39 Å². The van der Waals surface area contributed by atoms with E-state index in [9.17, 15) is 14.0 Å². The minimum absolute atomic E-state index is 0.0275. The Kier molecular flexibility index (Phi) is 4.87. The Labute approximate surface area is 138 Å². The van der Waals surface area contributed by atoms with Gasteiger partial charge in [0.15, 0.2) is 0 Å². The summed E-state index contributed by atoms with van der Waals surface area (Å²) >= 11 is 1.41. The highest BCUT2D eigenvalue weighted by molar-refractivity contribution is 8.00. The van der Waals surface area contributed by atoms with Gasteiger partial charge in [-0.1, -0.05) is 18.2 Å². The third-order valence-corrected chi connectivity index (χ3v) is 5.58. The Balaban J connectivity index is 1.58. The molecule has 0 spiro atoms. The van der Waals surface area contributed by atoms with Crippen molar-refractivity contribution in [2.75, 3.05) is 18.8 Å². The summed E-state index contributed by atoms with van der Waals surface area (Å²) in [5.41, 5.74) is 6.34. The van der Waals surface area contributed by atoms with Crippen LogP contribution in [-0.2, 0) is 16.0 Å². The van der Waals surface area contributed by atoms with E-state index in [1.54, 1.807) is 23.1 Å². The lowest BCUT2D eigenvalue weighted by Gasteiger charge is -2.30. The second-order valence-electron chi connectivity index (χ2n) is 6.01. The smallest absolute Gasteiger partial charge is 0.246 e. The molecule has 0 aliphatic carbocycles. The second-order valence-corrected chi connectivity index (χ2v) is 7.25. The average Bonchev–Trinajstić information content (AvgIpc) is 2.97. The van der Waals surface area contributed by atoms with E-state index in [-0.39, 0.29) is 28.9 Å². The minimum Gasteiger partial charge on any atom is -0.343 e. The number of carbonyl (C=O) groups excluding carboxylic acids is 2. The SMILES string of the molecule is N[C@@H]1CCN(C(=O)C2CSC(Cc3ccccc3F)C(=O)N2)C1. The average molecular weight is 337 g/mol. The van der Waals surface area contributed by atoms with Gasteiger partial charge in [0.1, 0.15) is 11.9 Å². The zero-order valence-electron chi connectivity index (χ0n) is 12.7. The van der Waals surface area contributed by atoms with E-state index in [1.807, 2.05) is 0 Å². The fourth-order valence-corrected chi connectivity index (χ4v) is 4.12. The van der Waals surface area contributed by atoms with Crippen molar-refractivity contribution in [1.29, 1.82) is 0 Å². The number of hydrogen-bond acceptors (Lipinski definition) is 4. The highest BCUT2D eigenvalue weighted by atomic mass is 32.2. The summed E-state index contributed by atoms with van der Waals surface area (Å²) in [6.07, 6.45) is 1.13. The Morgan fingerprint density at radius 1 is 1.43 bits per heavy atom. The number of rotatable bonds is 3. The molecule has 2 aliphatic rings. The van der Waals surface area contributed by atoms with Crippen LogP contribution in [0.5, 0.6) is 0 Å². The van der Waals surface area contributed by atoms with Gasteiger partial charge in [-0.3, -0.25) is 9.59 Å². The molecule has 3 atom stereocenters. The molecule has 2 saturated heterocycles. The van der Waals surface area contributed by atoms with Gasteiger partial charge in [0.2, 0.25) is 11.8 Å². The van der Waals surface area contributed by atoms with Crippen molar-refractivity contribution in [1.82, 2.24) is 10.2 Å². The number of nitrogens with zero attached hydrogens (tertiary/aromatic N) is 1. The summed E-state index contributed by atoms with van der Waals surface area (Å²) in [7, 11) is 0. The number of hydrogen-bond donors (Lipinski definition) is 2. The van der Waals surface area contributed by atoms with Crippen LogP contribution in [0.4, 0.5) is 4.39 Å². The van der Waals surface area contributed by atoms with Gasteiger partial charge in [-0.2, -0.15) is 0 Å². The molecular weight excluding hydrogens is 317 g/mol. The number of likely N-dealkylation sites (tertiary alicyclic amines) is 1. The highest BCUT2D eigenvalue weighted by Gasteiger charge is 2.36. The van der Waals surface area contributed by atoms with Gasteiger partial charge in [0.25, 0.3) is 0 Å². The largest absolute Gasteiger partial charge is 0.343 e. The number of nitrogens with two attached hydrogens (primary N) is 1. The maximum absolute atomic E-state index is 13.7. The molecule has 2 heterocycles. The molecule has 23 heavy (non-hydrogen) atoms. The Morgan fingerprint density at radius 3 is 2.87 bits per heavy atom. The van der Waals surface area contributed by atoms with Crippen LogP contribution >= 0.6 is 11.8 Å². The number of nitrogens with one attached hydrogen (secondary N) is 1. The van der Waals surface area contributed by atoms with Gasteiger partial charge in [-0.05, 0) is 24.5 Å². The summed E-state index contributed by atoms with van der Waals surface area (Å²) in [6, 6.07) is 5.99. The van der Waals surface area contributed by atoms with E-state index in [0.717, 1.165) is 6.42 Å². The van der Waals surface area contributed by atoms with Gasteiger partial charge < -0.3 is 16.0 Å². The Bertz CT molecular complexity index is 613. The van der Waals surface area contributed by atoms with Crippen LogP contribution in [0, 0.1) is 5.82 Å². The van der Waals surface area contributed by atoms with Crippen molar-refractivity contribution in [2.45, 2.75) is 30.2 Å². The molecule has 0 aromatic heterocycles. The van der Waals surface area contributed by atoms with Gasteiger partial charge in [0, 0.05) is 24.9 Å². The fourth-order valence-electron chi connectivity index (χ4n) is 2.95. The van der Waals surface area contributed by atoms with E-state index in [4.69, 9.17) is 5.73 Å². The van der Waals surface area contributed by atoms with Gasteiger partial charge in [0.05, 0.1) is 5.25 Å². The van der Waals surface area contributed by atoms with Crippen LogP contribution in [0.2, 0.25) is 0 Å². The number of thioether (sulfide) groups is 1. The molecule has 1 aromatic rings. The van der Waals surface area contributed by atoms with E-state index in [0.29, 0.717) is 30.8 Å². The van der Waals surface area contributed by atoms with Crippen molar-refractivity contribution < 1.29 is 14.0 Å². The fraction of sp³-hybridized carbons (Fsp3) is 0.500. The van der Waals surface area contributed by atoms with Crippen LogP contribution in [0.3, 0.4) is 0 Å². The number of benzene rings is 1. The summed E-state index contributed by atoms with van der Waals surface area (Å²) in [4.78, 5) is 26.4. The third-order valence-electron chi connectivity index (χ3n) is 4.27. The molecule has 0 radical (unpaired) electrons. The van der Waals surface area contributed by atoms with E-state index >= 15 is 0 Å². The molecule has 2 amide bonds. The number of halogens is 1. The van der Waals surface area contributed by atoms with Crippen LogP contribution in [0.1, 0.15) is 12.0 Å². The highest BCUT2D eigenvalue weighted by Crippen LogP contribution is 2.24. The molecule has 0 bridgehead atoms. The molecule has 7 heteroatoms. The second kappa shape index (κ2) is 6.88. The van der Waals surface area contributed by atoms with Crippen LogP contribution in [0.15, 0.2) is 24.3 Å². The standard InChI is InChI=1S/C16H20FN3O2S/c17-12-4-2-1-3-10(12)7-14-15(21)19-13(9-23-14)16(22)20-6-5-11(18)8-20/h1-4,11,13-14H,5-9,18H2,(H,19,21)/t11-,13?,14?/m1/s1. The van der Waals surface area contributed by atoms with Gasteiger partial charge >= 0.3 is 0 Å². The predicted octanol–water partition coefficient (Wildman–Crippen LogP) is 0.528. The van der Waals surface area contributed by atoms with Crippen molar-refractivity contribution >= 4 is 23.6 Å². The van der Waals surface area contributed by atoms with Gasteiger partial charge in [-0.15, -0.1) is 11.8 Å². The minimum atomic E-state index is -0.505. The first kappa shape index (κ1) is 16.3. The molecule has 124 valence electrons. The summed E-state index contributed by atoms with van der Waals surface area (Å²) in [5, 5.41) is 2.42. The summed E-state index contributed by atoms with van der Waals surface area (Å²) < 4.78 is 13.7. The van der Waals surface area contributed by atoms with E-state index in [1.165, 1.54) is 17.8 Å². The molecule has 3 rings (SSSR count). The Hall–Kier alpha value is -1.60. The monoisotopic (exact) mass is 337 g/mol. The first-order valence-corrected chi connectivity index (χ1v) is 8.79. The molecular formula is C16H20FN3O2S. The lowest BCUT2D eigenvalue weighted by atomic mass is 10.1. The molecule has 2 unspecified atom stereocenters. The maximum atomic E-state index is 13.7. The topological polar surface area (TPSA) is 75.4 Å². The first-order valence-electron chi connectivity index (χ1n) is 7.74. The lowest BCUT2D eigenvalue weighted by Crippen LogP contribution is -2.55. The van der Waals surface area contributed by atoms with E-state index < -0.39 is 6.04 Å². The third kappa shape index (κ3) is 3.67. The van der Waals surface area contributed by atoms with Crippen molar-refractivity contribution in [3.63, 3.8) is 0 Å². The predicted molar refractivity (Wildman–Crippen MR) is 87.5 cm³/mol. The van der Waals surface area contributed by atoms with Crippen molar-refractivity contribution in [2.24, 2.45) is 5.73 Å². The lowest BCUT2D eigenvalue weighted by molar-refractivity contribution is -0.135. The molecule has 2 aliphatic heterocycles. The van der Waals surface area contributed by atoms with Crippen LogP contribution in [0.25, 0.3) is 0 Å². The molecule has 2 fully saturated rings. The quantitative estimate of drug-likeness (QED) is 0.844. The Morgan fingerprint density at radius 2 is 2.22 bits per heavy atom. The molecule has 3 N–H and O–H groups in total. The van der Waals surface area contributed by atoms with Crippen molar-refractivity contribution in [3.05, 3.63) is 35.6 Å². The first-order chi connectivity index (χ1) is 11.0.